The van der Waals surface area contributed by atoms with E-state index in [1.165, 1.54) is 36.8 Å². The third kappa shape index (κ3) is 3.96. The van der Waals surface area contributed by atoms with Gasteiger partial charge < -0.3 is 10.1 Å². The molecule has 0 bridgehead atoms. The number of nitrogens with one attached hydrogen (secondary N) is 1. The minimum atomic E-state index is -0.242. The summed E-state index contributed by atoms with van der Waals surface area (Å²) in [6, 6.07) is 12.8. The molecule has 4 nitrogen and oxygen atoms in total. The van der Waals surface area contributed by atoms with Crippen molar-refractivity contribution in [3.63, 3.8) is 0 Å². The van der Waals surface area contributed by atoms with E-state index >= 15 is 0 Å². The number of aromatic nitrogens is 1. The highest BCUT2D eigenvalue weighted by Gasteiger charge is 2.55. The second kappa shape index (κ2) is 8.73. The quantitative estimate of drug-likeness (QED) is 0.610. The van der Waals surface area contributed by atoms with Gasteiger partial charge in [-0.1, -0.05) is 74.6 Å². The van der Waals surface area contributed by atoms with Crippen LogP contribution in [0.3, 0.4) is 0 Å². The largest absolute Gasteiger partial charge is 0.447 e. The van der Waals surface area contributed by atoms with Crippen LogP contribution in [0.5, 0.6) is 0 Å². The molecule has 1 aliphatic heterocycles. The average Bonchev–Trinajstić information content (AvgIpc) is 3.17. The van der Waals surface area contributed by atoms with Gasteiger partial charge in [0.15, 0.2) is 0 Å². The van der Waals surface area contributed by atoms with Gasteiger partial charge in [-0.3, -0.25) is 4.98 Å². The summed E-state index contributed by atoms with van der Waals surface area (Å²) >= 11 is 0. The normalized spacial score (nSPS) is 32.0. The number of amides is 1. The van der Waals surface area contributed by atoms with E-state index in [9.17, 15) is 4.79 Å². The van der Waals surface area contributed by atoms with Crippen molar-refractivity contribution in [2.75, 3.05) is 6.61 Å². The Morgan fingerprint density at radius 1 is 1.19 bits per heavy atom. The number of alkyl carbamates (subject to hydrolysis) is 1. The number of carbonyl (C=O) groups excluding carboxylic acids is 1. The van der Waals surface area contributed by atoms with Gasteiger partial charge in [0, 0.05) is 11.8 Å². The van der Waals surface area contributed by atoms with Gasteiger partial charge in [0.2, 0.25) is 0 Å². The molecule has 2 heterocycles. The van der Waals surface area contributed by atoms with Gasteiger partial charge in [0.1, 0.15) is 6.61 Å². The SMILES string of the molecule is CC[C@@H]1[C@@H](/C=C/c2ccc(-c3cccc(C)c3)cn2)[C@@H]2CCCC[C@H]2C[C@@]12COC(=O)N2. The van der Waals surface area contributed by atoms with E-state index in [4.69, 9.17) is 9.72 Å². The van der Waals surface area contributed by atoms with Crippen LogP contribution in [-0.4, -0.2) is 23.2 Å². The zero-order chi connectivity index (χ0) is 22.1. The summed E-state index contributed by atoms with van der Waals surface area (Å²) in [4.78, 5) is 16.8. The Balaban J connectivity index is 1.41. The number of fused-ring (bicyclic) bond motifs is 1. The molecule has 2 aliphatic carbocycles. The van der Waals surface area contributed by atoms with Crippen LogP contribution in [0, 0.1) is 30.6 Å². The highest BCUT2D eigenvalue weighted by molar-refractivity contribution is 5.71. The molecule has 2 saturated carbocycles. The predicted molar refractivity (Wildman–Crippen MR) is 128 cm³/mol. The van der Waals surface area contributed by atoms with Crippen LogP contribution in [0.15, 0.2) is 48.7 Å². The Labute approximate surface area is 191 Å². The first-order chi connectivity index (χ1) is 15.6. The van der Waals surface area contributed by atoms with Crippen LogP contribution in [0.25, 0.3) is 17.2 Å². The van der Waals surface area contributed by atoms with Crippen LogP contribution in [0.4, 0.5) is 4.79 Å². The molecule has 5 rings (SSSR count). The Kier molecular flexibility index (Phi) is 5.79. The summed E-state index contributed by atoms with van der Waals surface area (Å²) in [5.41, 5.74) is 4.40. The Morgan fingerprint density at radius 2 is 2.06 bits per heavy atom. The number of nitrogens with zero attached hydrogens (tertiary/aromatic N) is 1. The number of hydrogen-bond donors (Lipinski definition) is 1. The van der Waals surface area contributed by atoms with E-state index in [1.54, 1.807) is 0 Å². The molecule has 0 radical (unpaired) electrons. The first-order valence-corrected chi connectivity index (χ1v) is 12.2. The maximum absolute atomic E-state index is 12.0. The number of benzene rings is 1. The number of aryl methyl sites for hydroxylation is 1. The number of carbonyl (C=O) groups is 1. The molecule has 1 aromatic heterocycles. The molecule has 1 saturated heterocycles. The Bertz CT molecular complexity index is 999. The van der Waals surface area contributed by atoms with E-state index in [1.807, 2.05) is 6.20 Å². The van der Waals surface area contributed by atoms with Gasteiger partial charge in [-0.05, 0) is 61.1 Å². The van der Waals surface area contributed by atoms with Gasteiger partial charge >= 0.3 is 6.09 Å². The number of hydrogen-bond acceptors (Lipinski definition) is 3. The Morgan fingerprint density at radius 3 is 2.78 bits per heavy atom. The molecule has 1 N–H and O–H groups in total. The minimum absolute atomic E-state index is 0.207. The highest BCUT2D eigenvalue weighted by Crippen LogP contribution is 2.53. The fourth-order valence-corrected chi connectivity index (χ4v) is 6.71. The topological polar surface area (TPSA) is 51.2 Å². The minimum Gasteiger partial charge on any atom is -0.447 e. The summed E-state index contributed by atoms with van der Waals surface area (Å²) in [5.74, 6) is 2.20. The smallest absolute Gasteiger partial charge is 0.407 e. The predicted octanol–water partition coefficient (Wildman–Crippen LogP) is 6.40. The van der Waals surface area contributed by atoms with Crippen LogP contribution < -0.4 is 5.32 Å². The number of rotatable bonds is 4. The van der Waals surface area contributed by atoms with E-state index < -0.39 is 0 Å². The van der Waals surface area contributed by atoms with Crippen molar-refractivity contribution in [3.8, 4) is 11.1 Å². The highest BCUT2D eigenvalue weighted by atomic mass is 16.6. The first-order valence-electron chi connectivity index (χ1n) is 12.2. The standard InChI is InChI=1S/C28H34N2O2/c1-3-26-25(24-10-5-4-8-21(24)16-28(26)18-32-27(31)30-28)14-13-23-12-11-22(17-29-23)20-9-6-7-19(2)15-20/h6-7,9,11-15,17,21,24-26H,3-5,8,10,16,18H2,1-2H3,(H,30,31)/b14-13+/t21-,24+,25-,26+,28+/m0/s1. The lowest BCUT2D eigenvalue weighted by Crippen LogP contribution is -2.59. The van der Waals surface area contributed by atoms with Gasteiger partial charge in [0.25, 0.3) is 0 Å². The lowest BCUT2D eigenvalue weighted by molar-refractivity contribution is -0.000906. The van der Waals surface area contributed by atoms with E-state index in [0.29, 0.717) is 30.3 Å². The third-order valence-electron chi connectivity index (χ3n) is 8.14. The van der Waals surface area contributed by atoms with Crippen molar-refractivity contribution in [1.82, 2.24) is 10.3 Å². The fourth-order valence-electron chi connectivity index (χ4n) is 6.71. The van der Waals surface area contributed by atoms with Crippen molar-refractivity contribution < 1.29 is 9.53 Å². The summed E-state index contributed by atoms with van der Waals surface area (Å²) in [6.45, 7) is 4.89. The van der Waals surface area contributed by atoms with Gasteiger partial charge in [-0.25, -0.2) is 4.79 Å². The summed E-state index contributed by atoms with van der Waals surface area (Å²) in [7, 11) is 0. The molecule has 2 aromatic rings. The van der Waals surface area contributed by atoms with Gasteiger partial charge in [-0.15, -0.1) is 0 Å². The van der Waals surface area contributed by atoms with Crippen LogP contribution >= 0.6 is 0 Å². The number of pyridine rings is 1. The molecular weight excluding hydrogens is 396 g/mol. The second-order valence-corrected chi connectivity index (χ2v) is 10.1. The molecule has 1 aromatic carbocycles. The van der Waals surface area contributed by atoms with Crippen LogP contribution in [-0.2, 0) is 4.74 Å². The molecule has 4 heteroatoms. The summed E-state index contributed by atoms with van der Waals surface area (Å²) in [6.07, 6.45) is 13.6. The van der Waals surface area contributed by atoms with E-state index in [2.05, 4.69) is 67.7 Å². The zero-order valence-electron chi connectivity index (χ0n) is 19.2. The molecule has 1 amide bonds. The van der Waals surface area contributed by atoms with Crippen LogP contribution in [0.2, 0.25) is 0 Å². The van der Waals surface area contributed by atoms with E-state index in [-0.39, 0.29) is 11.6 Å². The molecule has 0 unspecified atom stereocenters. The molecule has 1 spiro atoms. The average molecular weight is 431 g/mol. The number of ether oxygens (including phenoxy) is 1. The van der Waals surface area contributed by atoms with E-state index in [0.717, 1.165) is 24.1 Å². The fraction of sp³-hybridized carbons (Fsp3) is 0.500. The van der Waals surface area contributed by atoms with Crippen LogP contribution in [0.1, 0.15) is 56.7 Å². The molecule has 5 atom stereocenters. The maximum atomic E-state index is 12.0. The molecule has 168 valence electrons. The lowest BCUT2D eigenvalue weighted by Gasteiger charge is -2.52. The molecule has 3 fully saturated rings. The zero-order valence-corrected chi connectivity index (χ0v) is 19.2. The molecule has 32 heavy (non-hydrogen) atoms. The molecule has 3 aliphatic rings. The third-order valence-corrected chi connectivity index (χ3v) is 8.14. The second-order valence-electron chi connectivity index (χ2n) is 10.1. The summed E-state index contributed by atoms with van der Waals surface area (Å²) < 4.78 is 5.45. The maximum Gasteiger partial charge on any atom is 0.407 e. The van der Waals surface area contributed by atoms with Crippen molar-refractivity contribution in [2.24, 2.45) is 23.7 Å². The summed E-state index contributed by atoms with van der Waals surface area (Å²) in [5, 5.41) is 3.25. The number of allylic oxidation sites excluding steroid dienone is 1. The lowest BCUT2D eigenvalue weighted by atomic mass is 9.54. The van der Waals surface area contributed by atoms with Crippen molar-refractivity contribution in [1.29, 1.82) is 0 Å². The first kappa shape index (κ1) is 21.2. The van der Waals surface area contributed by atoms with Crippen molar-refractivity contribution >= 4 is 12.2 Å². The van der Waals surface area contributed by atoms with Gasteiger partial charge in [-0.2, -0.15) is 0 Å². The monoisotopic (exact) mass is 430 g/mol. The Hall–Kier alpha value is -2.62. The molecular formula is C28H34N2O2. The number of cyclic esters (lactones) is 1. The van der Waals surface area contributed by atoms with Gasteiger partial charge in [0.05, 0.1) is 11.2 Å². The van der Waals surface area contributed by atoms with Crippen molar-refractivity contribution in [3.05, 3.63) is 59.9 Å². The van der Waals surface area contributed by atoms with Crippen molar-refractivity contribution in [2.45, 2.75) is 57.9 Å².